The van der Waals surface area contributed by atoms with Gasteiger partial charge >= 0.3 is 6.01 Å². The van der Waals surface area contributed by atoms with Crippen molar-refractivity contribution in [3.8, 4) is 34.5 Å². The molecule has 0 atom stereocenters. The Bertz CT molecular complexity index is 1380. The Hall–Kier alpha value is -4.64. The van der Waals surface area contributed by atoms with E-state index in [4.69, 9.17) is 23.9 Å². The molecular weight excluding hydrogens is 510 g/mol. The van der Waals surface area contributed by atoms with E-state index in [-0.39, 0.29) is 6.01 Å². The second-order valence-corrected chi connectivity index (χ2v) is 8.59. The van der Waals surface area contributed by atoms with E-state index >= 15 is 0 Å². The van der Waals surface area contributed by atoms with Crippen molar-refractivity contribution in [3.05, 3.63) is 60.9 Å². The molecule has 2 aromatic heterocycles. The first-order chi connectivity index (χ1) is 19.6. The zero-order chi connectivity index (χ0) is 28.3. The molecule has 210 valence electrons. The summed E-state index contributed by atoms with van der Waals surface area (Å²) in [6.07, 6.45) is 3.30. The predicted octanol–water partition coefficient (Wildman–Crippen LogP) is 5.17. The Morgan fingerprint density at radius 1 is 0.775 bits per heavy atom. The Labute approximate surface area is 234 Å². The van der Waals surface area contributed by atoms with Crippen molar-refractivity contribution in [2.75, 3.05) is 58.2 Å². The molecule has 2 heterocycles. The summed E-state index contributed by atoms with van der Waals surface area (Å²) in [5.41, 5.74) is 2.78. The first-order valence-corrected chi connectivity index (χ1v) is 13.0. The number of hydrogen-bond donors (Lipinski definition) is 2. The molecule has 0 saturated carbocycles. The van der Waals surface area contributed by atoms with Crippen LogP contribution in [0, 0.1) is 0 Å². The molecule has 0 amide bonds. The number of nitrogens with one attached hydrogen (secondary N) is 2. The van der Waals surface area contributed by atoms with E-state index in [0.29, 0.717) is 41.1 Å². The van der Waals surface area contributed by atoms with E-state index in [1.807, 2.05) is 48.5 Å². The standard InChI is InChI=1S/C29H35N7O4/c1-6-36(7-2)16-17-40-21-14-12-20(13-15-21)32-28-30-18-22(23-19-31-29(39-5)35-27(23)38-4)26(34-28)33-24-10-8-9-11-25(24)37-3/h8-15,18-19H,6-7,16-17H2,1-5H3,(H2,30,32,33,34). The van der Waals surface area contributed by atoms with E-state index in [1.165, 1.54) is 14.2 Å². The molecule has 0 bridgehead atoms. The first-order valence-electron chi connectivity index (χ1n) is 13.0. The summed E-state index contributed by atoms with van der Waals surface area (Å²) in [4.78, 5) is 20.2. The Balaban J connectivity index is 1.60. The van der Waals surface area contributed by atoms with E-state index in [2.05, 4.69) is 44.3 Å². The third-order valence-corrected chi connectivity index (χ3v) is 6.23. The molecule has 11 heteroatoms. The highest BCUT2D eigenvalue weighted by molar-refractivity contribution is 5.82. The molecular formula is C29H35N7O4. The summed E-state index contributed by atoms with van der Waals surface area (Å²) < 4.78 is 22.1. The number of para-hydroxylation sites is 2. The van der Waals surface area contributed by atoms with Crippen molar-refractivity contribution < 1.29 is 18.9 Å². The average Bonchev–Trinajstić information content (AvgIpc) is 3.00. The molecule has 4 aromatic rings. The van der Waals surface area contributed by atoms with Gasteiger partial charge in [0.25, 0.3) is 0 Å². The lowest BCUT2D eigenvalue weighted by molar-refractivity contribution is 0.223. The van der Waals surface area contributed by atoms with Crippen molar-refractivity contribution in [1.29, 1.82) is 0 Å². The lowest BCUT2D eigenvalue weighted by atomic mass is 10.1. The summed E-state index contributed by atoms with van der Waals surface area (Å²) in [7, 11) is 4.65. The molecule has 0 spiro atoms. The second kappa shape index (κ2) is 13.9. The fourth-order valence-corrected chi connectivity index (χ4v) is 4.00. The summed E-state index contributed by atoms with van der Waals surface area (Å²) in [5.74, 6) is 2.70. The van der Waals surface area contributed by atoms with Gasteiger partial charge in [-0.25, -0.2) is 9.97 Å². The third kappa shape index (κ3) is 7.06. The van der Waals surface area contributed by atoms with Gasteiger partial charge in [0.15, 0.2) is 0 Å². The van der Waals surface area contributed by atoms with Crippen LogP contribution in [0.15, 0.2) is 60.9 Å². The Morgan fingerprint density at radius 3 is 2.23 bits per heavy atom. The van der Waals surface area contributed by atoms with E-state index in [0.717, 1.165) is 36.8 Å². The lowest BCUT2D eigenvalue weighted by Gasteiger charge is -2.18. The van der Waals surface area contributed by atoms with Crippen LogP contribution in [0.2, 0.25) is 0 Å². The SMILES string of the molecule is CCN(CC)CCOc1ccc(Nc2ncc(-c3cnc(OC)nc3OC)c(Nc3ccccc3OC)n2)cc1. The van der Waals surface area contributed by atoms with E-state index in [1.54, 1.807) is 19.5 Å². The number of methoxy groups -OCH3 is 3. The van der Waals surface area contributed by atoms with Gasteiger partial charge in [0.2, 0.25) is 11.8 Å². The largest absolute Gasteiger partial charge is 0.495 e. The topological polar surface area (TPSA) is 116 Å². The number of nitrogens with zero attached hydrogens (tertiary/aromatic N) is 5. The van der Waals surface area contributed by atoms with Gasteiger partial charge in [-0.15, -0.1) is 0 Å². The smallest absolute Gasteiger partial charge is 0.319 e. The third-order valence-electron chi connectivity index (χ3n) is 6.23. The van der Waals surface area contributed by atoms with Gasteiger partial charge in [-0.05, 0) is 49.5 Å². The molecule has 2 N–H and O–H groups in total. The van der Waals surface area contributed by atoms with Crippen LogP contribution in [-0.4, -0.2) is 72.4 Å². The van der Waals surface area contributed by atoms with Crippen LogP contribution < -0.4 is 29.6 Å². The number of rotatable bonds is 14. The number of anilines is 4. The van der Waals surface area contributed by atoms with Gasteiger partial charge in [0.1, 0.15) is 23.9 Å². The molecule has 0 aliphatic heterocycles. The number of likely N-dealkylation sites (N-methyl/N-ethyl adjacent to an activating group) is 1. The minimum absolute atomic E-state index is 0.194. The maximum atomic E-state index is 5.90. The zero-order valence-corrected chi connectivity index (χ0v) is 23.5. The molecule has 40 heavy (non-hydrogen) atoms. The molecule has 2 aromatic carbocycles. The van der Waals surface area contributed by atoms with Gasteiger partial charge < -0.3 is 34.5 Å². The van der Waals surface area contributed by atoms with Gasteiger partial charge in [0.05, 0.1) is 32.6 Å². The first kappa shape index (κ1) is 28.4. The molecule has 0 aliphatic rings. The molecule has 0 aliphatic carbocycles. The summed E-state index contributed by atoms with van der Waals surface area (Å²) in [6, 6.07) is 15.5. The van der Waals surface area contributed by atoms with Crippen molar-refractivity contribution in [3.63, 3.8) is 0 Å². The zero-order valence-electron chi connectivity index (χ0n) is 23.5. The molecule has 4 rings (SSSR count). The fourth-order valence-electron chi connectivity index (χ4n) is 4.00. The predicted molar refractivity (Wildman–Crippen MR) is 155 cm³/mol. The highest BCUT2D eigenvalue weighted by Crippen LogP contribution is 2.36. The van der Waals surface area contributed by atoms with Gasteiger partial charge in [-0.1, -0.05) is 26.0 Å². The highest BCUT2D eigenvalue weighted by atomic mass is 16.5. The minimum Gasteiger partial charge on any atom is -0.495 e. The Kier molecular flexibility index (Phi) is 9.89. The number of aromatic nitrogens is 4. The van der Waals surface area contributed by atoms with Crippen LogP contribution in [-0.2, 0) is 0 Å². The molecule has 11 nitrogen and oxygen atoms in total. The maximum absolute atomic E-state index is 5.90. The number of benzene rings is 2. The van der Waals surface area contributed by atoms with Gasteiger partial charge in [0, 0.05) is 30.2 Å². The van der Waals surface area contributed by atoms with E-state index < -0.39 is 0 Å². The molecule has 0 unspecified atom stereocenters. The average molecular weight is 546 g/mol. The van der Waals surface area contributed by atoms with Crippen LogP contribution >= 0.6 is 0 Å². The highest BCUT2D eigenvalue weighted by Gasteiger charge is 2.18. The van der Waals surface area contributed by atoms with E-state index in [9.17, 15) is 0 Å². The summed E-state index contributed by atoms with van der Waals surface area (Å²) in [6.45, 7) is 7.84. The quantitative estimate of drug-likeness (QED) is 0.219. The molecule has 0 fully saturated rings. The molecule has 0 radical (unpaired) electrons. The summed E-state index contributed by atoms with van der Waals surface area (Å²) in [5, 5.41) is 6.63. The summed E-state index contributed by atoms with van der Waals surface area (Å²) >= 11 is 0. The normalized spacial score (nSPS) is 10.8. The Morgan fingerprint density at radius 2 is 1.52 bits per heavy atom. The monoisotopic (exact) mass is 545 g/mol. The number of ether oxygens (including phenoxy) is 4. The van der Waals surface area contributed by atoms with Crippen LogP contribution in [0.3, 0.4) is 0 Å². The van der Waals surface area contributed by atoms with Crippen molar-refractivity contribution in [1.82, 2.24) is 24.8 Å². The van der Waals surface area contributed by atoms with Crippen LogP contribution in [0.1, 0.15) is 13.8 Å². The van der Waals surface area contributed by atoms with Gasteiger partial charge in [-0.2, -0.15) is 9.97 Å². The van der Waals surface area contributed by atoms with Crippen LogP contribution in [0.25, 0.3) is 11.1 Å². The maximum Gasteiger partial charge on any atom is 0.319 e. The minimum atomic E-state index is 0.194. The second-order valence-electron chi connectivity index (χ2n) is 8.59. The van der Waals surface area contributed by atoms with Crippen LogP contribution in [0.4, 0.5) is 23.1 Å². The van der Waals surface area contributed by atoms with Crippen LogP contribution in [0.5, 0.6) is 23.4 Å². The van der Waals surface area contributed by atoms with Gasteiger partial charge in [-0.3, -0.25) is 0 Å². The van der Waals surface area contributed by atoms with Crippen molar-refractivity contribution >= 4 is 23.1 Å². The molecule has 0 saturated heterocycles. The lowest BCUT2D eigenvalue weighted by Crippen LogP contribution is -2.27. The van der Waals surface area contributed by atoms with Crippen molar-refractivity contribution in [2.24, 2.45) is 0 Å². The fraction of sp³-hybridized carbons (Fsp3) is 0.310. The number of hydrogen-bond acceptors (Lipinski definition) is 11. The van der Waals surface area contributed by atoms with Crippen molar-refractivity contribution in [2.45, 2.75) is 13.8 Å².